The third-order valence-corrected chi connectivity index (χ3v) is 5.40. The van der Waals surface area contributed by atoms with Gasteiger partial charge in [0.15, 0.2) is 11.5 Å². The summed E-state index contributed by atoms with van der Waals surface area (Å²) in [5.41, 5.74) is 3.13. The van der Waals surface area contributed by atoms with E-state index in [0.717, 1.165) is 26.1 Å². The smallest absolute Gasteiger partial charge is 0.276 e. The fourth-order valence-electron chi connectivity index (χ4n) is 3.69. The zero-order chi connectivity index (χ0) is 20.2. The van der Waals surface area contributed by atoms with Gasteiger partial charge in [-0.25, -0.2) is 4.39 Å². The van der Waals surface area contributed by atoms with Gasteiger partial charge in [-0.1, -0.05) is 41.6 Å². The molecule has 1 aliphatic rings. The molecular weight excluding hydrogens is 369 g/mol. The Kier molecular flexibility index (Phi) is 5.71. The van der Waals surface area contributed by atoms with E-state index in [-0.39, 0.29) is 17.4 Å². The molecule has 1 aliphatic heterocycles. The first-order valence-corrected chi connectivity index (χ1v) is 9.89. The average Bonchev–Trinajstić information content (AvgIpc) is 3.10. The van der Waals surface area contributed by atoms with Gasteiger partial charge in [0.25, 0.3) is 5.91 Å². The molecule has 29 heavy (non-hydrogen) atoms. The van der Waals surface area contributed by atoms with Crippen LogP contribution in [0.5, 0.6) is 0 Å². The molecule has 1 fully saturated rings. The first kappa shape index (κ1) is 19.3. The molecule has 0 atom stereocenters. The number of benzene rings is 2. The van der Waals surface area contributed by atoms with Gasteiger partial charge in [-0.3, -0.25) is 9.69 Å². The van der Waals surface area contributed by atoms with Crippen molar-refractivity contribution in [1.82, 2.24) is 15.0 Å². The highest BCUT2D eigenvalue weighted by molar-refractivity contribution is 5.93. The summed E-state index contributed by atoms with van der Waals surface area (Å²) in [5.74, 6) is -0.305. The Bertz CT molecular complexity index is 1000. The third kappa shape index (κ3) is 4.38. The number of halogens is 1. The highest BCUT2D eigenvalue weighted by Crippen LogP contribution is 2.24. The van der Waals surface area contributed by atoms with Crippen molar-refractivity contribution in [2.75, 3.05) is 26.2 Å². The van der Waals surface area contributed by atoms with Crippen LogP contribution in [-0.4, -0.2) is 47.0 Å². The second-order valence-corrected chi connectivity index (χ2v) is 7.40. The lowest BCUT2D eigenvalue weighted by atomic mass is 10.1. The topological polar surface area (TPSA) is 49.6 Å². The van der Waals surface area contributed by atoms with Gasteiger partial charge in [0.2, 0.25) is 0 Å². The zero-order valence-electron chi connectivity index (χ0n) is 16.5. The molecule has 1 aromatic heterocycles. The molecule has 5 nitrogen and oxygen atoms in total. The standard InChI is InChI=1S/C23H24FN3O2/c1-17-7-2-3-8-18(17)16-26-11-6-12-27(14-13-26)23(28)21-15-22(29-25-21)19-9-4-5-10-20(19)24/h2-5,7-10,15H,6,11-14,16H2,1H3. The maximum absolute atomic E-state index is 14.0. The zero-order valence-corrected chi connectivity index (χ0v) is 16.5. The molecule has 1 amide bonds. The molecule has 150 valence electrons. The average molecular weight is 393 g/mol. The van der Waals surface area contributed by atoms with Crippen molar-refractivity contribution < 1.29 is 13.7 Å². The van der Waals surface area contributed by atoms with E-state index in [4.69, 9.17) is 4.52 Å². The Labute approximate surface area is 169 Å². The summed E-state index contributed by atoms with van der Waals surface area (Å²) in [5, 5.41) is 3.89. The predicted molar refractivity (Wildman–Crippen MR) is 109 cm³/mol. The Balaban J connectivity index is 1.41. The number of carbonyl (C=O) groups excluding carboxylic acids is 1. The summed E-state index contributed by atoms with van der Waals surface area (Å²) < 4.78 is 19.2. The molecular formula is C23H24FN3O2. The lowest BCUT2D eigenvalue weighted by Gasteiger charge is -2.22. The minimum absolute atomic E-state index is 0.172. The van der Waals surface area contributed by atoms with Crippen LogP contribution in [0, 0.1) is 12.7 Å². The molecule has 6 heteroatoms. The summed E-state index contributed by atoms with van der Waals surface area (Å²) in [6, 6.07) is 16.2. The number of nitrogens with zero attached hydrogens (tertiary/aromatic N) is 3. The van der Waals surface area contributed by atoms with Crippen molar-refractivity contribution in [1.29, 1.82) is 0 Å². The van der Waals surface area contributed by atoms with Crippen LogP contribution in [-0.2, 0) is 6.54 Å². The number of carbonyl (C=O) groups is 1. The Morgan fingerprint density at radius 3 is 2.69 bits per heavy atom. The van der Waals surface area contributed by atoms with Crippen LogP contribution in [0.4, 0.5) is 4.39 Å². The Morgan fingerprint density at radius 2 is 1.86 bits per heavy atom. The maximum Gasteiger partial charge on any atom is 0.276 e. The minimum atomic E-state index is -0.399. The summed E-state index contributed by atoms with van der Waals surface area (Å²) in [6.07, 6.45) is 0.898. The van der Waals surface area contributed by atoms with Crippen LogP contribution < -0.4 is 0 Å². The van der Waals surface area contributed by atoms with Crippen LogP contribution in [0.2, 0.25) is 0 Å². The van der Waals surface area contributed by atoms with E-state index in [0.29, 0.717) is 18.7 Å². The molecule has 0 N–H and O–H groups in total. The molecule has 3 aromatic rings. The van der Waals surface area contributed by atoms with Crippen LogP contribution >= 0.6 is 0 Å². The van der Waals surface area contributed by atoms with Gasteiger partial charge in [-0.2, -0.15) is 0 Å². The number of aryl methyl sites for hydroxylation is 1. The molecule has 4 rings (SSSR count). The van der Waals surface area contributed by atoms with Crippen LogP contribution in [0.25, 0.3) is 11.3 Å². The molecule has 1 saturated heterocycles. The first-order valence-electron chi connectivity index (χ1n) is 9.89. The lowest BCUT2D eigenvalue weighted by Crippen LogP contribution is -2.35. The SMILES string of the molecule is Cc1ccccc1CN1CCCN(C(=O)c2cc(-c3ccccc3F)on2)CC1. The second-order valence-electron chi connectivity index (χ2n) is 7.40. The first-order chi connectivity index (χ1) is 14.1. The van der Waals surface area contributed by atoms with Crippen LogP contribution in [0.15, 0.2) is 59.1 Å². The predicted octanol–water partition coefficient (Wildman–Crippen LogP) is 4.14. The normalized spacial score (nSPS) is 15.3. The van der Waals surface area contributed by atoms with E-state index in [1.54, 1.807) is 23.1 Å². The third-order valence-electron chi connectivity index (χ3n) is 5.40. The van der Waals surface area contributed by atoms with E-state index >= 15 is 0 Å². The number of hydrogen-bond donors (Lipinski definition) is 0. The van der Waals surface area contributed by atoms with Gasteiger partial charge < -0.3 is 9.42 Å². The second kappa shape index (κ2) is 8.57. The van der Waals surface area contributed by atoms with E-state index in [9.17, 15) is 9.18 Å². The Hall–Kier alpha value is -2.99. The molecule has 0 bridgehead atoms. The van der Waals surface area contributed by atoms with Crippen molar-refractivity contribution in [3.8, 4) is 11.3 Å². The van der Waals surface area contributed by atoms with Crippen molar-refractivity contribution in [2.24, 2.45) is 0 Å². The summed E-state index contributed by atoms with van der Waals surface area (Å²) in [6.45, 7) is 6.06. The fourth-order valence-corrected chi connectivity index (χ4v) is 3.69. The van der Waals surface area contributed by atoms with Gasteiger partial charge in [-0.15, -0.1) is 0 Å². The fraction of sp³-hybridized carbons (Fsp3) is 0.304. The van der Waals surface area contributed by atoms with Crippen molar-refractivity contribution in [3.05, 3.63) is 77.2 Å². The van der Waals surface area contributed by atoms with Crippen LogP contribution in [0.1, 0.15) is 28.0 Å². The molecule has 0 unspecified atom stereocenters. The molecule has 2 aromatic carbocycles. The molecule has 0 aliphatic carbocycles. The molecule has 0 saturated carbocycles. The quantitative estimate of drug-likeness (QED) is 0.669. The molecule has 0 spiro atoms. The van der Waals surface area contributed by atoms with E-state index in [1.807, 2.05) is 0 Å². The number of aromatic nitrogens is 1. The largest absolute Gasteiger partial charge is 0.355 e. The van der Waals surface area contributed by atoms with Crippen molar-refractivity contribution in [2.45, 2.75) is 19.9 Å². The highest BCUT2D eigenvalue weighted by Gasteiger charge is 2.24. The number of hydrogen-bond acceptors (Lipinski definition) is 4. The van der Waals surface area contributed by atoms with Gasteiger partial charge in [-0.05, 0) is 36.6 Å². The minimum Gasteiger partial charge on any atom is -0.355 e. The van der Waals surface area contributed by atoms with Gasteiger partial charge >= 0.3 is 0 Å². The van der Waals surface area contributed by atoms with Crippen molar-refractivity contribution in [3.63, 3.8) is 0 Å². The lowest BCUT2D eigenvalue weighted by molar-refractivity contribution is 0.0750. The number of rotatable bonds is 4. The van der Waals surface area contributed by atoms with Crippen LogP contribution in [0.3, 0.4) is 0 Å². The van der Waals surface area contributed by atoms with Gasteiger partial charge in [0.1, 0.15) is 5.82 Å². The van der Waals surface area contributed by atoms with E-state index < -0.39 is 5.82 Å². The monoisotopic (exact) mass is 393 g/mol. The van der Waals surface area contributed by atoms with Crippen molar-refractivity contribution >= 4 is 5.91 Å². The van der Waals surface area contributed by atoms with E-state index in [2.05, 4.69) is 41.2 Å². The summed E-state index contributed by atoms with van der Waals surface area (Å²) >= 11 is 0. The number of amides is 1. The maximum atomic E-state index is 14.0. The van der Waals surface area contributed by atoms with E-state index in [1.165, 1.54) is 23.3 Å². The van der Waals surface area contributed by atoms with Gasteiger partial charge in [0, 0.05) is 38.8 Å². The highest BCUT2D eigenvalue weighted by atomic mass is 19.1. The summed E-state index contributed by atoms with van der Waals surface area (Å²) in [4.78, 5) is 17.1. The Morgan fingerprint density at radius 1 is 1.07 bits per heavy atom. The molecule has 0 radical (unpaired) electrons. The van der Waals surface area contributed by atoms with Gasteiger partial charge in [0.05, 0.1) is 5.56 Å². The summed E-state index contributed by atoms with van der Waals surface area (Å²) in [7, 11) is 0. The molecule has 2 heterocycles.